The summed E-state index contributed by atoms with van der Waals surface area (Å²) in [7, 11) is 5.04. The maximum absolute atomic E-state index is 11.8. The van der Waals surface area contributed by atoms with Crippen LogP contribution < -0.4 is 10.1 Å². The third-order valence-electron chi connectivity index (χ3n) is 2.08. The monoisotopic (exact) mass is 245 g/mol. The summed E-state index contributed by atoms with van der Waals surface area (Å²) in [4.78, 5) is 13.5. The zero-order valence-corrected chi connectivity index (χ0v) is 10.6. The Morgan fingerprint density at radius 3 is 2.78 bits per heavy atom. The van der Waals surface area contributed by atoms with Crippen LogP contribution >= 0.6 is 0 Å². The van der Waals surface area contributed by atoms with Crippen LogP contribution in [0.15, 0.2) is 36.0 Å². The van der Waals surface area contributed by atoms with Gasteiger partial charge in [0.1, 0.15) is 17.4 Å². The molecule has 0 spiro atoms. The maximum Gasteiger partial charge on any atom is 0.267 e. The summed E-state index contributed by atoms with van der Waals surface area (Å²) < 4.78 is 5.05. The van der Waals surface area contributed by atoms with Gasteiger partial charge in [-0.2, -0.15) is 5.26 Å². The second kappa shape index (κ2) is 6.30. The summed E-state index contributed by atoms with van der Waals surface area (Å²) in [6.07, 6.45) is 1.47. The van der Waals surface area contributed by atoms with Crippen LogP contribution in [0.3, 0.4) is 0 Å². The van der Waals surface area contributed by atoms with Gasteiger partial charge in [0, 0.05) is 32.0 Å². The lowest BCUT2D eigenvalue weighted by atomic mass is 10.2. The molecular formula is C13H15N3O2. The minimum Gasteiger partial charge on any atom is -0.497 e. The largest absolute Gasteiger partial charge is 0.497 e. The molecule has 1 N–H and O–H groups in total. The summed E-state index contributed by atoms with van der Waals surface area (Å²) >= 11 is 0. The van der Waals surface area contributed by atoms with E-state index in [1.165, 1.54) is 6.20 Å². The summed E-state index contributed by atoms with van der Waals surface area (Å²) in [6.45, 7) is 0. The van der Waals surface area contributed by atoms with Gasteiger partial charge >= 0.3 is 0 Å². The van der Waals surface area contributed by atoms with Gasteiger partial charge in [-0.1, -0.05) is 6.07 Å². The van der Waals surface area contributed by atoms with Crippen molar-refractivity contribution in [1.29, 1.82) is 5.26 Å². The van der Waals surface area contributed by atoms with E-state index in [0.29, 0.717) is 11.4 Å². The minimum atomic E-state index is -0.445. The van der Waals surface area contributed by atoms with Crippen molar-refractivity contribution >= 4 is 11.6 Å². The van der Waals surface area contributed by atoms with Crippen molar-refractivity contribution in [2.45, 2.75) is 0 Å². The van der Waals surface area contributed by atoms with Crippen molar-refractivity contribution in [1.82, 2.24) is 4.90 Å². The fourth-order valence-electron chi connectivity index (χ4n) is 1.30. The number of rotatable bonds is 4. The van der Waals surface area contributed by atoms with Gasteiger partial charge in [-0.15, -0.1) is 0 Å². The van der Waals surface area contributed by atoms with Crippen LogP contribution in [0.2, 0.25) is 0 Å². The van der Waals surface area contributed by atoms with Crippen LogP contribution in [0, 0.1) is 11.3 Å². The van der Waals surface area contributed by atoms with Gasteiger partial charge in [0.15, 0.2) is 0 Å². The van der Waals surface area contributed by atoms with Crippen LogP contribution in [0.5, 0.6) is 5.75 Å². The number of nitrogens with zero attached hydrogens (tertiary/aromatic N) is 2. The Hall–Kier alpha value is -2.48. The molecule has 0 fully saturated rings. The third kappa shape index (κ3) is 3.83. The lowest BCUT2D eigenvalue weighted by molar-refractivity contribution is -0.112. The number of benzene rings is 1. The average Bonchev–Trinajstić information content (AvgIpc) is 2.35. The predicted molar refractivity (Wildman–Crippen MR) is 69.0 cm³/mol. The number of carbonyl (C=O) groups is 1. The van der Waals surface area contributed by atoms with Gasteiger partial charge in [-0.25, -0.2) is 0 Å². The lowest BCUT2D eigenvalue weighted by Crippen LogP contribution is -2.16. The molecule has 0 aliphatic rings. The number of nitriles is 1. The number of carbonyl (C=O) groups excluding carboxylic acids is 1. The number of amides is 1. The van der Waals surface area contributed by atoms with Crippen molar-refractivity contribution in [2.24, 2.45) is 0 Å². The second-order valence-electron chi connectivity index (χ2n) is 3.80. The van der Waals surface area contributed by atoms with E-state index in [0.717, 1.165) is 0 Å². The maximum atomic E-state index is 11.8. The molecular weight excluding hydrogens is 230 g/mol. The molecule has 0 atom stereocenters. The molecule has 1 aromatic rings. The van der Waals surface area contributed by atoms with Gasteiger partial charge in [-0.3, -0.25) is 4.79 Å². The average molecular weight is 245 g/mol. The Kier molecular flexibility index (Phi) is 4.76. The first kappa shape index (κ1) is 13.6. The SMILES string of the molecule is COc1cccc(NC(=O)/C(C#N)=C/N(C)C)c1. The molecule has 18 heavy (non-hydrogen) atoms. The second-order valence-corrected chi connectivity index (χ2v) is 3.80. The van der Waals surface area contributed by atoms with Crippen LogP contribution in [0.4, 0.5) is 5.69 Å². The summed E-state index contributed by atoms with van der Waals surface area (Å²) in [5, 5.41) is 11.5. The predicted octanol–water partition coefficient (Wildman–Crippen LogP) is 1.60. The number of anilines is 1. The quantitative estimate of drug-likeness (QED) is 0.646. The highest BCUT2D eigenvalue weighted by Gasteiger charge is 2.09. The summed E-state index contributed by atoms with van der Waals surface area (Å²) in [5.74, 6) is 0.197. The highest BCUT2D eigenvalue weighted by Crippen LogP contribution is 2.17. The number of nitrogens with one attached hydrogen (secondary N) is 1. The molecule has 5 heteroatoms. The zero-order chi connectivity index (χ0) is 13.5. The molecule has 0 aliphatic heterocycles. The lowest BCUT2D eigenvalue weighted by Gasteiger charge is -2.08. The van der Waals surface area contributed by atoms with Crippen LogP contribution in [0.25, 0.3) is 0 Å². The molecule has 0 bridgehead atoms. The molecule has 1 aromatic carbocycles. The van der Waals surface area contributed by atoms with Crippen molar-refractivity contribution < 1.29 is 9.53 Å². The van der Waals surface area contributed by atoms with E-state index in [4.69, 9.17) is 10.00 Å². The van der Waals surface area contributed by atoms with Crippen LogP contribution in [0.1, 0.15) is 0 Å². The molecule has 0 saturated heterocycles. The van der Waals surface area contributed by atoms with E-state index < -0.39 is 5.91 Å². The zero-order valence-electron chi connectivity index (χ0n) is 10.6. The Balaban J connectivity index is 2.84. The third-order valence-corrected chi connectivity index (χ3v) is 2.08. The Bertz CT molecular complexity index is 501. The van der Waals surface area contributed by atoms with E-state index in [1.54, 1.807) is 50.4 Å². The molecule has 0 aromatic heterocycles. The highest BCUT2D eigenvalue weighted by molar-refractivity contribution is 6.06. The fourth-order valence-corrected chi connectivity index (χ4v) is 1.30. The standard InChI is InChI=1S/C13H15N3O2/c1-16(2)9-10(8-14)13(17)15-11-5-4-6-12(7-11)18-3/h4-7,9H,1-3H3,(H,15,17)/b10-9+. The minimum absolute atomic E-state index is 0.0443. The molecule has 0 radical (unpaired) electrons. The first-order valence-electron chi connectivity index (χ1n) is 5.30. The summed E-state index contributed by atoms with van der Waals surface area (Å²) in [5.41, 5.74) is 0.627. The number of ether oxygens (including phenoxy) is 1. The van der Waals surface area contributed by atoms with E-state index in [2.05, 4.69) is 5.32 Å². The molecule has 0 unspecified atom stereocenters. The Labute approximate surface area is 106 Å². The van der Waals surface area contributed by atoms with Gasteiger partial charge in [0.05, 0.1) is 7.11 Å². The smallest absolute Gasteiger partial charge is 0.267 e. The molecule has 0 aliphatic carbocycles. The summed E-state index contributed by atoms with van der Waals surface area (Å²) in [6, 6.07) is 8.80. The topological polar surface area (TPSA) is 65.4 Å². The van der Waals surface area contributed by atoms with Gasteiger partial charge < -0.3 is 15.0 Å². The molecule has 5 nitrogen and oxygen atoms in total. The molecule has 0 saturated carbocycles. The Morgan fingerprint density at radius 1 is 1.50 bits per heavy atom. The van der Waals surface area contributed by atoms with E-state index in [1.807, 2.05) is 6.07 Å². The molecule has 94 valence electrons. The normalized spacial score (nSPS) is 10.4. The van der Waals surface area contributed by atoms with Crippen LogP contribution in [-0.4, -0.2) is 32.0 Å². The van der Waals surface area contributed by atoms with Gasteiger partial charge in [0.2, 0.25) is 0 Å². The van der Waals surface area contributed by atoms with Crippen molar-refractivity contribution in [2.75, 3.05) is 26.5 Å². The van der Waals surface area contributed by atoms with Crippen LogP contribution in [-0.2, 0) is 4.79 Å². The molecule has 1 rings (SSSR count). The van der Waals surface area contributed by atoms with Crippen molar-refractivity contribution in [3.05, 3.63) is 36.0 Å². The van der Waals surface area contributed by atoms with E-state index in [-0.39, 0.29) is 5.57 Å². The van der Waals surface area contributed by atoms with E-state index >= 15 is 0 Å². The number of methoxy groups -OCH3 is 1. The van der Waals surface area contributed by atoms with Crippen molar-refractivity contribution in [3.63, 3.8) is 0 Å². The first-order valence-corrected chi connectivity index (χ1v) is 5.30. The van der Waals surface area contributed by atoms with E-state index in [9.17, 15) is 4.79 Å². The van der Waals surface area contributed by atoms with Gasteiger partial charge in [-0.05, 0) is 12.1 Å². The highest BCUT2D eigenvalue weighted by atomic mass is 16.5. The number of hydrogen-bond donors (Lipinski definition) is 1. The fraction of sp³-hybridized carbons (Fsp3) is 0.231. The number of hydrogen-bond acceptors (Lipinski definition) is 4. The molecule has 1 amide bonds. The molecule has 0 heterocycles. The van der Waals surface area contributed by atoms with Crippen molar-refractivity contribution in [3.8, 4) is 11.8 Å². The first-order chi connectivity index (χ1) is 8.56. The Morgan fingerprint density at radius 2 is 2.22 bits per heavy atom. The van der Waals surface area contributed by atoms with Gasteiger partial charge in [0.25, 0.3) is 5.91 Å².